The van der Waals surface area contributed by atoms with Crippen molar-refractivity contribution in [1.29, 1.82) is 0 Å². The summed E-state index contributed by atoms with van der Waals surface area (Å²) in [5.41, 5.74) is 8.21. The van der Waals surface area contributed by atoms with Crippen molar-refractivity contribution < 1.29 is 4.39 Å². The van der Waals surface area contributed by atoms with Gasteiger partial charge in [0.25, 0.3) is 0 Å². The third-order valence-electron chi connectivity index (χ3n) is 2.70. The molecule has 0 aliphatic carbocycles. The fourth-order valence-corrected chi connectivity index (χ4v) is 1.81. The molecule has 84 valence electrons. The second kappa shape index (κ2) is 3.96. The third-order valence-corrected chi connectivity index (χ3v) is 2.70. The minimum atomic E-state index is -0.214. The van der Waals surface area contributed by atoms with Gasteiger partial charge < -0.3 is 5.73 Å². The molecule has 4 heteroatoms. The zero-order chi connectivity index (χ0) is 11.7. The Hall–Kier alpha value is -1.84. The molecular formula is C12H14FN3. The zero-order valence-corrected chi connectivity index (χ0v) is 9.31. The Bertz CT molecular complexity index is 505. The Morgan fingerprint density at radius 2 is 2.19 bits per heavy atom. The molecule has 0 saturated carbocycles. The Morgan fingerprint density at radius 3 is 2.75 bits per heavy atom. The Balaban J connectivity index is 2.37. The van der Waals surface area contributed by atoms with Gasteiger partial charge >= 0.3 is 0 Å². The molecule has 0 bridgehead atoms. The highest BCUT2D eigenvalue weighted by Crippen LogP contribution is 2.22. The molecular weight excluding hydrogens is 205 g/mol. The predicted octanol–water partition coefficient (Wildman–Crippen LogP) is 2.52. The molecule has 16 heavy (non-hydrogen) atoms. The maximum absolute atomic E-state index is 13.0. The molecule has 1 heterocycles. The van der Waals surface area contributed by atoms with Gasteiger partial charge in [0.2, 0.25) is 0 Å². The lowest BCUT2D eigenvalue weighted by molar-refractivity contribution is 0.558. The van der Waals surface area contributed by atoms with Crippen LogP contribution in [0.2, 0.25) is 0 Å². The van der Waals surface area contributed by atoms with Crippen molar-refractivity contribution in [3.05, 3.63) is 47.5 Å². The molecule has 0 radical (unpaired) electrons. The summed E-state index contributed by atoms with van der Waals surface area (Å²) >= 11 is 0. The van der Waals surface area contributed by atoms with Gasteiger partial charge in [-0.15, -0.1) is 0 Å². The molecule has 2 aromatic rings. The lowest BCUT2D eigenvalue weighted by Gasteiger charge is -2.15. The van der Waals surface area contributed by atoms with Gasteiger partial charge in [0, 0.05) is 6.20 Å². The number of aryl methyl sites for hydroxylation is 1. The van der Waals surface area contributed by atoms with Crippen molar-refractivity contribution in [1.82, 2.24) is 9.78 Å². The summed E-state index contributed by atoms with van der Waals surface area (Å²) < 4.78 is 14.7. The number of benzene rings is 1. The van der Waals surface area contributed by atoms with Gasteiger partial charge in [0.05, 0.1) is 17.9 Å². The van der Waals surface area contributed by atoms with E-state index in [9.17, 15) is 4.39 Å². The molecule has 0 aliphatic heterocycles. The minimum absolute atomic E-state index is 0.0536. The van der Waals surface area contributed by atoms with E-state index in [1.54, 1.807) is 23.1 Å². The van der Waals surface area contributed by atoms with E-state index in [0.29, 0.717) is 5.69 Å². The van der Waals surface area contributed by atoms with Crippen molar-refractivity contribution in [2.24, 2.45) is 0 Å². The first-order valence-electron chi connectivity index (χ1n) is 5.13. The molecule has 0 amide bonds. The normalized spacial score (nSPS) is 12.7. The average molecular weight is 219 g/mol. The van der Waals surface area contributed by atoms with E-state index < -0.39 is 0 Å². The first-order valence-corrected chi connectivity index (χ1v) is 5.13. The summed E-state index contributed by atoms with van der Waals surface area (Å²) in [5.74, 6) is -0.214. The predicted molar refractivity (Wildman–Crippen MR) is 61.6 cm³/mol. The van der Waals surface area contributed by atoms with E-state index >= 15 is 0 Å². The maximum Gasteiger partial charge on any atom is 0.123 e. The van der Waals surface area contributed by atoms with Gasteiger partial charge in [-0.05, 0) is 37.1 Å². The van der Waals surface area contributed by atoms with Crippen molar-refractivity contribution in [3.8, 4) is 0 Å². The van der Waals surface area contributed by atoms with Crippen molar-refractivity contribution in [2.75, 3.05) is 5.73 Å². The Kier molecular flexibility index (Phi) is 2.64. The van der Waals surface area contributed by atoms with Crippen LogP contribution in [0.4, 0.5) is 10.1 Å². The highest BCUT2D eigenvalue weighted by Gasteiger charge is 2.11. The van der Waals surface area contributed by atoms with Crippen LogP contribution in [-0.4, -0.2) is 9.78 Å². The molecule has 2 N–H and O–H groups in total. The number of hydrogen-bond donors (Lipinski definition) is 1. The third kappa shape index (κ3) is 1.91. The smallest absolute Gasteiger partial charge is 0.123 e. The average Bonchev–Trinajstić information content (AvgIpc) is 2.64. The second-order valence-electron chi connectivity index (χ2n) is 3.93. The molecule has 0 spiro atoms. The van der Waals surface area contributed by atoms with E-state index in [1.807, 2.05) is 13.8 Å². The highest BCUT2D eigenvalue weighted by atomic mass is 19.1. The summed E-state index contributed by atoms with van der Waals surface area (Å²) in [7, 11) is 0. The Morgan fingerprint density at radius 1 is 1.44 bits per heavy atom. The first-order chi connectivity index (χ1) is 7.58. The molecule has 1 aromatic heterocycles. The summed E-state index contributed by atoms with van der Waals surface area (Å²) in [6.07, 6.45) is 3.38. The molecule has 1 aromatic carbocycles. The van der Waals surface area contributed by atoms with E-state index in [1.165, 1.54) is 12.1 Å². The van der Waals surface area contributed by atoms with Crippen LogP contribution < -0.4 is 5.73 Å². The fourth-order valence-electron chi connectivity index (χ4n) is 1.81. The van der Waals surface area contributed by atoms with Gasteiger partial charge in [-0.2, -0.15) is 5.10 Å². The van der Waals surface area contributed by atoms with E-state index in [-0.39, 0.29) is 11.9 Å². The molecule has 3 nitrogen and oxygen atoms in total. The zero-order valence-electron chi connectivity index (χ0n) is 9.31. The van der Waals surface area contributed by atoms with Gasteiger partial charge in [0.1, 0.15) is 5.82 Å². The monoisotopic (exact) mass is 219 g/mol. The second-order valence-corrected chi connectivity index (χ2v) is 3.93. The van der Waals surface area contributed by atoms with Gasteiger partial charge in [0.15, 0.2) is 0 Å². The standard InChI is InChI=1S/C12H14FN3/c1-8-5-10(13)3-4-12(8)9(2)16-7-11(14)6-15-16/h3-7,9H,14H2,1-2H3. The van der Waals surface area contributed by atoms with Crippen LogP contribution in [0.5, 0.6) is 0 Å². The Labute approximate surface area is 93.7 Å². The van der Waals surface area contributed by atoms with Gasteiger partial charge in [-0.1, -0.05) is 6.07 Å². The number of aromatic nitrogens is 2. The number of hydrogen-bond acceptors (Lipinski definition) is 2. The van der Waals surface area contributed by atoms with Crippen LogP contribution in [0, 0.1) is 12.7 Å². The lowest BCUT2D eigenvalue weighted by atomic mass is 10.0. The van der Waals surface area contributed by atoms with Crippen molar-refractivity contribution in [3.63, 3.8) is 0 Å². The minimum Gasteiger partial charge on any atom is -0.396 e. The highest BCUT2D eigenvalue weighted by molar-refractivity contribution is 5.33. The van der Waals surface area contributed by atoms with Crippen LogP contribution >= 0.6 is 0 Å². The first kappa shape index (κ1) is 10.7. The fraction of sp³-hybridized carbons (Fsp3) is 0.250. The number of rotatable bonds is 2. The van der Waals surface area contributed by atoms with Crippen molar-refractivity contribution >= 4 is 5.69 Å². The van der Waals surface area contributed by atoms with E-state index in [4.69, 9.17) is 5.73 Å². The molecule has 0 saturated heterocycles. The molecule has 1 atom stereocenters. The number of nitrogens with zero attached hydrogens (tertiary/aromatic N) is 2. The van der Waals surface area contributed by atoms with Crippen molar-refractivity contribution in [2.45, 2.75) is 19.9 Å². The molecule has 1 unspecified atom stereocenters. The number of nitrogens with two attached hydrogens (primary N) is 1. The quantitative estimate of drug-likeness (QED) is 0.843. The summed E-state index contributed by atoms with van der Waals surface area (Å²) in [6.45, 7) is 3.90. The topological polar surface area (TPSA) is 43.8 Å². The summed E-state index contributed by atoms with van der Waals surface area (Å²) in [6, 6.07) is 4.83. The van der Waals surface area contributed by atoms with E-state index in [0.717, 1.165) is 11.1 Å². The summed E-state index contributed by atoms with van der Waals surface area (Å²) in [4.78, 5) is 0. The van der Waals surface area contributed by atoms with Crippen LogP contribution in [0.15, 0.2) is 30.6 Å². The lowest BCUT2D eigenvalue weighted by Crippen LogP contribution is -2.08. The van der Waals surface area contributed by atoms with Crippen LogP contribution in [0.1, 0.15) is 24.1 Å². The van der Waals surface area contributed by atoms with Crippen LogP contribution in [-0.2, 0) is 0 Å². The molecule has 2 rings (SSSR count). The largest absolute Gasteiger partial charge is 0.396 e. The summed E-state index contributed by atoms with van der Waals surface area (Å²) in [5, 5.41) is 4.15. The molecule has 0 fully saturated rings. The number of nitrogen functional groups attached to an aromatic ring is 1. The van der Waals surface area contributed by atoms with Gasteiger partial charge in [-0.3, -0.25) is 4.68 Å². The van der Waals surface area contributed by atoms with Crippen LogP contribution in [0.3, 0.4) is 0 Å². The number of halogens is 1. The van der Waals surface area contributed by atoms with E-state index in [2.05, 4.69) is 5.10 Å². The number of anilines is 1. The van der Waals surface area contributed by atoms with Crippen LogP contribution in [0.25, 0.3) is 0 Å². The van der Waals surface area contributed by atoms with Gasteiger partial charge in [-0.25, -0.2) is 4.39 Å². The SMILES string of the molecule is Cc1cc(F)ccc1C(C)n1cc(N)cn1. The molecule has 0 aliphatic rings. The maximum atomic E-state index is 13.0.